The lowest BCUT2D eigenvalue weighted by atomic mass is 9.88. The minimum absolute atomic E-state index is 0.236. The normalized spacial score (nSPS) is 26.9. The van der Waals surface area contributed by atoms with Gasteiger partial charge in [-0.25, -0.2) is 9.37 Å². The summed E-state index contributed by atoms with van der Waals surface area (Å²) in [5.74, 6) is 2.16. The molecule has 0 spiro atoms. The van der Waals surface area contributed by atoms with Crippen LogP contribution in [0.1, 0.15) is 38.7 Å². The van der Waals surface area contributed by atoms with Gasteiger partial charge < -0.3 is 10.2 Å². The monoisotopic (exact) mass is 277 g/mol. The van der Waals surface area contributed by atoms with Crippen molar-refractivity contribution in [3.05, 3.63) is 23.6 Å². The number of hydrogen-bond donors (Lipinski definition) is 1. The van der Waals surface area contributed by atoms with E-state index in [1.807, 2.05) is 0 Å². The third kappa shape index (κ3) is 3.11. The van der Waals surface area contributed by atoms with Gasteiger partial charge in [0.15, 0.2) is 0 Å². The van der Waals surface area contributed by atoms with E-state index in [1.54, 1.807) is 6.07 Å². The molecule has 3 nitrogen and oxygen atoms in total. The van der Waals surface area contributed by atoms with Gasteiger partial charge in [0.25, 0.3) is 0 Å². The van der Waals surface area contributed by atoms with Crippen molar-refractivity contribution in [2.45, 2.75) is 45.7 Å². The molecule has 20 heavy (non-hydrogen) atoms. The summed E-state index contributed by atoms with van der Waals surface area (Å²) in [7, 11) is 0. The zero-order valence-corrected chi connectivity index (χ0v) is 12.4. The molecule has 0 bridgehead atoms. The number of rotatable bonds is 4. The number of hydrogen-bond acceptors (Lipinski definition) is 3. The molecule has 1 aliphatic heterocycles. The molecule has 2 unspecified atom stereocenters. The van der Waals surface area contributed by atoms with Crippen LogP contribution in [0.5, 0.6) is 0 Å². The van der Waals surface area contributed by atoms with E-state index in [4.69, 9.17) is 0 Å². The Kier molecular flexibility index (Phi) is 3.92. The molecular formula is C16H24FN3. The Labute approximate surface area is 120 Å². The molecule has 1 saturated carbocycles. The van der Waals surface area contributed by atoms with E-state index in [0.29, 0.717) is 12.0 Å². The summed E-state index contributed by atoms with van der Waals surface area (Å²) in [6.45, 7) is 7.39. The quantitative estimate of drug-likeness (QED) is 0.917. The SMILES string of the molecule is CC1CCN(c2ncc(F)cc2CNC2CC2)CC1C. The van der Waals surface area contributed by atoms with Crippen molar-refractivity contribution < 1.29 is 4.39 Å². The van der Waals surface area contributed by atoms with Crippen molar-refractivity contribution in [3.8, 4) is 0 Å². The highest BCUT2D eigenvalue weighted by Crippen LogP contribution is 2.28. The maximum atomic E-state index is 13.5. The summed E-state index contributed by atoms with van der Waals surface area (Å²) in [5, 5.41) is 3.47. The van der Waals surface area contributed by atoms with E-state index in [2.05, 4.69) is 29.0 Å². The molecule has 0 aromatic carbocycles. The molecule has 110 valence electrons. The van der Waals surface area contributed by atoms with Crippen LogP contribution in [-0.2, 0) is 6.54 Å². The minimum atomic E-state index is -0.236. The Morgan fingerprint density at radius 2 is 2.10 bits per heavy atom. The molecule has 4 heteroatoms. The van der Waals surface area contributed by atoms with Crippen LogP contribution in [0.3, 0.4) is 0 Å². The van der Waals surface area contributed by atoms with Gasteiger partial charge in [-0.2, -0.15) is 0 Å². The van der Waals surface area contributed by atoms with Crippen LogP contribution in [0.2, 0.25) is 0 Å². The lowest BCUT2D eigenvalue weighted by Crippen LogP contribution is -2.39. The van der Waals surface area contributed by atoms with E-state index in [9.17, 15) is 4.39 Å². The topological polar surface area (TPSA) is 28.2 Å². The zero-order valence-electron chi connectivity index (χ0n) is 12.4. The molecule has 2 heterocycles. The second-order valence-electron chi connectivity index (χ2n) is 6.48. The summed E-state index contributed by atoms with van der Waals surface area (Å²) in [6.07, 6.45) is 5.03. The van der Waals surface area contributed by atoms with Crippen molar-refractivity contribution in [1.82, 2.24) is 10.3 Å². The van der Waals surface area contributed by atoms with E-state index < -0.39 is 0 Å². The maximum Gasteiger partial charge on any atom is 0.141 e. The van der Waals surface area contributed by atoms with E-state index in [1.165, 1.54) is 25.5 Å². The standard InChI is InChI=1S/C16H24FN3/c1-11-5-6-20(10-12(11)2)16-13(7-14(17)9-19-16)8-18-15-3-4-15/h7,9,11-12,15,18H,3-6,8,10H2,1-2H3. The van der Waals surface area contributed by atoms with Crippen LogP contribution in [0.4, 0.5) is 10.2 Å². The fourth-order valence-corrected chi connectivity index (χ4v) is 2.89. The van der Waals surface area contributed by atoms with Crippen LogP contribution in [0.25, 0.3) is 0 Å². The van der Waals surface area contributed by atoms with Gasteiger partial charge in [0.1, 0.15) is 11.6 Å². The number of aromatic nitrogens is 1. The lowest BCUT2D eigenvalue weighted by Gasteiger charge is -2.37. The predicted molar refractivity (Wildman–Crippen MR) is 79.2 cm³/mol. The highest BCUT2D eigenvalue weighted by atomic mass is 19.1. The first-order valence-corrected chi connectivity index (χ1v) is 7.76. The number of halogens is 1. The van der Waals surface area contributed by atoms with Crippen molar-refractivity contribution >= 4 is 5.82 Å². The summed E-state index contributed by atoms with van der Waals surface area (Å²) >= 11 is 0. The number of nitrogens with one attached hydrogen (secondary N) is 1. The van der Waals surface area contributed by atoms with Crippen LogP contribution in [-0.4, -0.2) is 24.1 Å². The Bertz CT molecular complexity index is 473. The number of anilines is 1. The Balaban J connectivity index is 1.76. The first-order valence-electron chi connectivity index (χ1n) is 7.76. The minimum Gasteiger partial charge on any atom is -0.356 e. The maximum absolute atomic E-state index is 13.5. The van der Waals surface area contributed by atoms with Crippen molar-refractivity contribution in [1.29, 1.82) is 0 Å². The summed E-state index contributed by atoms with van der Waals surface area (Å²) < 4.78 is 13.5. The Morgan fingerprint density at radius 3 is 2.80 bits per heavy atom. The fourth-order valence-electron chi connectivity index (χ4n) is 2.89. The van der Waals surface area contributed by atoms with Gasteiger partial charge in [-0.1, -0.05) is 13.8 Å². The predicted octanol–water partition coefficient (Wildman–Crippen LogP) is 2.96. The van der Waals surface area contributed by atoms with Crippen molar-refractivity contribution in [3.63, 3.8) is 0 Å². The summed E-state index contributed by atoms with van der Waals surface area (Å²) in [5.41, 5.74) is 0.999. The molecule has 0 amide bonds. The zero-order chi connectivity index (χ0) is 14.1. The molecule has 1 aromatic heterocycles. The average Bonchev–Trinajstić information content (AvgIpc) is 3.24. The average molecular weight is 277 g/mol. The number of pyridine rings is 1. The van der Waals surface area contributed by atoms with Gasteiger partial charge in [-0.05, 0) is 37.2 Å². The molecule has 1 saturated heterocycles. The highest BCUT2D eigenvalue weighted by Gasteiger charge is 2.26. The molecule has 2 atom stereocenters. The van der Waals surface area contributed by atoms with Crippen molar-refractivity contribution in [2.75, 3.05) is 18.0 Å². The first-order chi connectivity index (χ1) is 9.63. The second-order valence-corrected chi connectivity index (χ2v) is 6.48. The van der Waals surface area contributed by atoms with Gasteiger partial charge in [0, 0.05) is 31.2 Å². The molecule has 2 aliphatic rings. The summed E-state index contributed by atoms with van der Waals surface area (Å²) in [6, 6.07) is 2.27. The molecule has 3 rings (SSSR count). The molecule has 2 fully saturated rings. The van der Waals surface area contributed by atoms with Crippen LogP contribution in [0, 0.1) is 17.7 Å². The molecule has 1 N–H and O–H groups in total. The number of piperidine rings is 1. The van der Waals surface area contributed by atoms with Gasteiger partial charge >= 0.3 is 0 Å². The smallest absolute Gasteiger partial charge is 0.141 e. The highest BCUT2D eigenvalue weighted by molar-refractivity contribution is 5.47. The summed E-state index contributed by atoms with van der Waals surface area (Å²) in [4.78, 5) is 6.70. The van der Waals surface area contributed by atoms with Gasteiger partial charge in [0.05, 0.1) is 6.20 Å². The van der Waals surface area contributed by atoms with E-state index >= 15 is 0 Å². The number of nitrogens with zero attached hydrogens (tertiary/aromatic N) is 2. The molecule has 1 aliphatic carbocycles. The second kappa shape index (κ2) is 5.68. The third-order valence-corrected chi connectivity index (χ3v) is 4.70. The van der Waals surface area contributed by atoms with E-state index in [0.717, 1.165) is 36.9 Å². The van der Waals surface area contributed by atoms with Gasteiger partial charge in [0.2, 0.25) is 0 Å². The molecule has 1 aromatic rings. The van der Waals surface area contributed by atoms with Gasteiger partial charge in [-0.3, -0.25) is 0 Å². The van der Waals surface area contributed by atoms with Crippen LogP contribution < -0.4 is 10.2 Å². The first kappa shape index (κ1) is 13.8. The van der Waals surface area contributed by atoms with Crippen LogP contribution >= 0.6 is 0 Å². The fraction of sp³-hybridized carbons (Fsp3) is 0.688. The molecule has 0 radical (unpaired) electrons. The Morgan fingerprint density at radius 1 is 1.30 bits per heavy atom. The Hall–Kier alpha value is -1.16. The lowest BCUT2D eigenvalue weighted by molar-refractivity contribution is 0.322. The van der Waals surface area contributed by atoms with E-state index in [-0.39, 0.29) is 5.82 Å². The van der Waals surface area contributed by atoms with Gasteiger partial charge in [-0.15, -0.1) is 0 Å². The third-order valence-electron chi connectivity index (χ3n) is 4.70. The molecular weight excluding hydrogens is 253 g/mol. The largest absolute Gasteiger partial charge is 0.356 e. The van der Waals surface area contributed by atoms with Crippen LogP contribution in [0.15, 0.2) is 12.3 Å². The van der Waals surface area contributed by atoms with Crippen molar-refractivity contribution in [2.24, 2.45) is 11.8 Å².